The van der Waals surface area contributed by atoms with Crippen LogP contribution in [0.2, 0.25) is 0 Å². The van der Waals surface area contributed by atoms with Gasteiger partial charge in [0, 0.05) is 24.8 Å². The van der Waals surface area contributed by atoms with Crippen LogP contribution in [0.5, 0.6) is 0 Å². The molecule has 1 saturated heterocycles. The molecule has 124 valence electrons. The van der Waals surface area contributed by atoms with Crippen LogP contribution in [-0.2, 0) is 0 Å². The number of hydrogen-bond acceptors (Lipinski definition) is 4. The summed E-state index contributed by atoms with van der Waals surface area (Å²) in [7, 11) is 0. The zero-order valence-corrected chi connectivity index (χ0v) is 13.9. The van der Waals surface area contributed by atoms with Crippen LogP contribution in [-0.4, -0.2) is 23.9 Å². The van der Waals surface area contributed by atoms with E-state index in [4.69, 9.17) is 0 Å². The molecule has 0 spiro atoms. The van der Waals surface area contributed by atoms with Gasteiger partial charge in [0.15, 0.2) is 5.78 Å². The van der Waals surface area contributed by atoms with Crippen LogP contribution >= 0.6 is 0 Å². The first-order valence-electron chi connectivity index (χ1n) is 8.66. The number of hydrogen-bond donors (Lipinski definition) is 0. The van der Waals surface area contributed by atoms with Crippen LogP contribution in [0.4, 0.5) is 5.82 Å². The van der Waals surface area contributed by atoms with Gasteiger partial charge in [0.25, 0.3) is 0 Å². The Morgan fingerprint density at radius 1 is 1.04 bits per heavy atom. The smallest absolute Gasteiger partial charge is 0.198 e. The lowest BCUT2D eigenvalue weighted by atomic mass is 9.86. The van der Waals surface area contributed by atoms with E-state index in [-0.39, 0.29) is 5.78 Å². The lowest BCUT2D eigenvalue weighted by Crippen LogP contribution is -2.24. The second-order valence-electron chi connectivity index (χ2n) is 6.73. The summed E-state index contributed by atoms with van der Waals surface area (Å²) in [4.78, 5) is 19.9. The number of rotatable bonds is 3. The molecule has 4 nitrogen and oxygen atoms in total. The van der Waals surface area contributed by atoms with Crippen molar-refractivity contribution >= 4 is 11.6 Å². The third-order valence-electron chi connectivity index (χ3n) is 5.24. The van der Waals surface area contributed by atoms with Crippen molar-refractivity contribution in [3.63, 3.8) is 0 Å². The van der Waals surface area contributed by atoms with Crippen LogP contribution in [0.15, 0.2) is 54.7 Å². The summed E-state index contributed by atoms with van der Waals surface area (Å²) in [5.74, 6) is 1.89. The molecule has 2 aromatic rings. The van der Waals surface area contributed by atoms with Crippen molar-refractivity contribution in [2.45, 2.75) is 12.8 Å². The van der Waals surface area contributed by atoms with Gasteiger partial charge in [-0.15, -0.1) is 0 Å². The van der Waals surface area contributed by atoms with Crippen molar-refractivity contribution in [1.82, 2.24) is 4.98 Å². The number of allylic oxidation sites excluding steroid dienone is 2. The fourth-order valence-corrected chi connectivity index (χ4v) is 3.94. The summed E-state index contributed by atoms with van der Waals surface area (Å²) in [5.41, 5.74) is 1.43. The normalized spacial score (nSPS) is 21.6. The quantitative estimate of drug-likeness (QED) is 0.638. The topological polar surface area (TPSA) is 57.0 Å². The molecule has 4 rings (SSSR count). The first-order valence-corrected chi connectivity index (χ1v) is 8.66. The van der Waals surface area contributed by atoms with E-state index in [1.165, 1.54) is 0 Å². The first kappa shape index (κ1) is 15.6. The minimum atomic E-state index is -0.131. The maximum absolute atomic E-state index is 13.1. The highest BCUT2D eigenvalue weighted by molar-refractivity contribution is 6.13. The minimum Gasteiger partial charge on any atom is -0.355 e. The van der Waals surface area contributed by atoms with Gasteiger partial charge in [-0.3, -0.25) is 4.79 Å². The van der Waals surface area contributed by atoms with Gasteiger partial charge in [0.05, 0.1) is 17.2 Å². The average Bonchev–Trinajstić information content (AvgIpc) is 3.11. The molecule has 1 aromatic carbocycles. The lowest BCUT2D eigenvalue weighted by Gasteiger charge is -2.20. The molecule has 2 heterocycles. The van der Waals surface area contributed by atoms with Gasteiger partial charge >= 0.3 is 0 Å². The van der Waals surface area contributed by atoms with Gasteiger partial charge in [-0.2, -0.15) is 5.26 Å². The van der Waals surface area contributed by atoms with Crippen LogP contribution in [0.1, 0.15) is 34.3 Å². The molecule has 0 unspecified atom stereocenters. The summed E-state index contributed by atoms with van der Waals surface area (Å²) >= 11 is 0. The van der Waals surface area contributed by atoms with Gasteiger partial charge in [0.2, 0.25) is 0 Å². The Balaban J connectivity index is 1.68. The highest BCUT2D eigenvalue weighted by Crippen LogP contribution is 2.36. The van der Waals surface area contributed by atoms with Crippen molar-refractivity contribution in [2.75, 3.05) is 18.0 Å². The molecule has 0 saturated carbocycles. The summed E-state index contributed by atoms with van der Waals surface area (Å²) in [5, 5.41) is 9.30. The van der Waals surface area contributed by atoms with Crippen molar-refractivity contribution in [3.05, 3.63) is 71.4 Å². The molecule has 1 fully saturated rings. The van der Waals surface area contributed by atoms with Gasteiger partial charge < -0.3 is 4.90 Å². The fraction of sp³-hybridized carbons (Fsp3) is 0.286. The highest BCUT2D eigenvalue weighted by Gasteiger charge is 2.35. The van der Waals surface area contributed by atoms with Gasteiger partial charge in [0.1, 0.15) is 5.82 Å². The number of pyridine rings is 1. The third kappa shape index (κ3) is 2.83. The molecule has 2 atom stereocenters. The van der Waals surface area contributed by atoms with Gasteiger partial charge in [-0.1, -0.05) is 24.3 Å². The minimum absolute atomic E-state index is 0.131. The Morgan fingerprint density at radius 2 is 1.72 bits per heavy atom. The summed E-state index contributed by atoms with van der Waals surface area (Å²) in [6.45, 7) is 1.87. The molecule has 0 radical (unpaired) electrons. The molecule has 0 N–H and O–H groups in total. The predicted octanol–water partition coefficient (Wildman–Crippen LogP) is 3.59. The zero-order valence-electron chi connectivity index (χ0n) is 13.9. The number of benzene rings is 1. The molecule has 0 amide bonds. The Hall–Kier alpha value is -2.93. The lowest BCUT2D eigenvalue weighted by molar-refractivity contribution is 0.103. The molecule has 4 heteroatoms. The fourth-order valence-electron chi connectivity index (χ4n) is 3.94. The molecule has 1 aromatic heterocycles. The molecule has 2 aliphatic rings. The maximum atomic E-state index is 13.1. The first-order chi connectivity index (χ1) is 12.3. The SMILES string of the molecule is N#Cc1ccccc1C(=O)c1cccnc1N1C[C@H]2CC=CC[C@H]2C1. The van der Waals surface area contributed by atoms with Crippen LogP contribution < -0.4 is 4.90 Å². The van der Waals surface area contributed by atoms with Crippen LogP contribution in [0, 0.1) is 23.2 Å². The molecule has 0 bridgehead atoms. The predicted molar refractivity (Wildman–Crippen MR) is 96.4 cm³/mol. The zero-order chi connectivity index (χ0) is 17.2. The van der Waals surface area contributed by atoms with Crippen molar-refractivity contribution < 1.29 is 4.79 Å². The number of anilines is 1. The van der Waals surface area contributed by atoms with E-state index in [0.29, 0.717) is 28.5 Å². The van der Waals surface area contributed by atoms with E-state index in [0.717, 1.165) is 31.7 Å². The number of nitrogens with zero attached hydrogens (tertiary/aromatic N) is 3. The van der Waals surface area contributed by atoms with E-state index < -0.39 is 0 Å². The van der Waals surface area contributed by atoms with E-state index in [1.54, 1.807) is 36.5 Å². The van der Waals surface area contributed by atoms with E-state index in [2.05, 4.69) is 28.1 Å². The number of ketones is 1. The van der Waals surface area contributed by atoms with Crippen molar-refractivity contribution in [3.8, 4) is 6.07 Å². The molecular weight excluding hydrogens is 310 g/mol. The number of carbonyl (C=O) groups excluding carboxylic acids is 1. The highest BCUT2D eigenvalue weighted by atomic mass is 16.1. The monoisotopic (exact) mass is 329 g/mol. The van der Waals surface area contributed by atoms with Crippen LogP contribution in [0.3, 0.4) is 0 Å². The Labute approximate surface area is 147 Å². The third-order valence-corrected chi connectivity index (χ3v) is 5.24. The van der Waals surface area contributed by atoms with Crippen molar-refractivity contribution in [2.24, 2.45) is 11.8 Å². The van der Waals surface area contributed by atoms with E-state index in [9.17, 15) is 10.1 Å². The number of carbonyl (C=O) groups is 1. The van der Waals surface area contributed by atoms with Crippen LogP contribution in [0.25, 0.3) is 0 Å². The largest absolute Gasteiger partial charge is 0.355 e. The van der Waals surface area contributed by atoms with E-state index in [1.807, 2.05) is 6.07 Å². The van der Waals surface area contributed by atoms with E-state index >= 15 is 0 Å². The number of fused-ring (bicyclic) bond motifs is 1. The summed E-state index contributed by atoms with van der Waals surface area (Å²) in [6, 6.07) is 12.7. The Bertz CT molecular complexity index is 865. The van der Waals surface area contributed by atoms with Gasteiger partial charge in [-0.05, 0) is 48.9 Å². The number of aromatic nitrogens is 1. The molecule has 1 aliphatic heterocycles. The van der Waals surface area contributed by atoms with Crippen molar-refractivity contribution in [1.29, 1.82) is 5.26 Å². The Kier molecular flexibility index (Phi) is 4.07. The standard InChI is InChI=1S/C21H19N3O/c22-12-15-6-3-4-9-18(15)20(25)19-10-5-11-23-21(19)24-13-16-7-1-2-8-17(16)14-24/h1-6,9-11,16-17H,7-8,13-14H2/t16-,17+. The Morgan fingerprint density at radius 3 is 2.44 bits per heavy atom. The summed E-state index contributed by atoms with van der Waals surface area (Å²) < 4.78 is 0. The summed E-state index contributed by atoms with van der Waals surface area (Å²) in [6.07, 6.45) is 8.47. The number of nitriles is 1. The molecular formula is C21H19N3O. The molecule has 25 heavy (non-hydrogen) atoms. The van der Waals surface area contributed by atoms with Gasteiger partial charge in [-0.25, -0.2) is 4.98 Å². The second-order valence-corrected chi connectivity index (χ2v) is 6.73. The maximum Gasteiger partial charge on any atom is 0.198 e. The molecule has 1 aliphatic carbocycles. The average molecular weight is 329 g/mol. The second kappa shape index (κ2) is 6.52.